The van der Waals surface area contributed by atoms with Crippen molar-refractivity contribution in [3.05, 3.63) is 11.6 Å². The lowest BCUT2D eigenvalue weighted by Crippen LogP contribution is -2.51. The predicted molar refractivity (Wildman–Crippen MR) is 78.5 cm³/mol. The van der Waals surface area contributed by atoms with Gasteiger partial charge in [0.1, 0.15) is 5.54 Å². The summed E-state index contributed by atoms with van der Waals surface area (Å²) in [6.45, 7) is 3.91. The second-order valence-corrected chi connectivity index (χ2v) is 5.93. The standard InChI is InChI=1S/C15H26N2O3/c1-15(2,14(19)20)17(3)11-13(18)16-10-9-12-7-5-4-6-8-12/h7H,4-6,8-11H2,1-3H3,(H,16,18)(H,19,20). The number of nitrogens with one attached hydrogen (secondary N) is 1. The van der Waals surface area contributed by atoms with Gasteiger partial charge < -0.3 is 10.4 Å². The quantitative estimate of drug-likeness (QED) is 0.698. The average molecular weight is 282 g/mol. The van der Waals surface area contributed by atoms with E-state index in [9.17, 15) is 9.59 Å². The highest BCUT2D eigenvalue weighted by Crippen LogP contribution is 2.19. The Kier molecular flexibility index (Phi) is 6.20. The van der Waals surface area contributed by atoms with Crippen LogP contribution in [-0.4, -0.2) is 47.6 Å². The third-order valence-corrected chi connectivity index (χ3v) is 4.01. The van der Waals surface area contributed by atoms with Crippen molar-refractivity contribution in [2.45, 2.75) is 51.5 Å². The molecule has 0 saturated heterocycles. The molecule has 5 nitrogen and oxygen atoms in total. The zero-order valence-corrected chi connectivity index (χ0v) is 12.7. The summed E-state index contributed by atoms with van der Waals surface area (Å²) >= 11 is 0. The highest BCUT2D eigenvalue weighted by atomic mass is 16.4. The fourth-order valence-electron chi connectivity index (χ4n) is 2.13. The normalized spacial score (nSPS) is 15.9. The smallest absolute Gasteiger partial charge is 0.323 e. The van der Waals surface area contributed by atoms with Gasteiger partial charge in [0.05, 0.1) is 6.54 Å². The molecule has 1 aliphatic carbocycles. The van der Waals surface area contributed by atoms with Crippen LogP contribution in [0.2, 0.25) is 0 Å². The number of nitrogens with zero attached hydrogens (tertiary/aromatic N) is 1. The second kappa shape index (κ2) is 7.43. The van der Waals surface area contributed by atoms with Crippen molar-refractivity contribution in [2.24, 2.45) is 0 Å². The molecule has 0 aromatic heterocycles. The summed E-state index contributed by atoms with van der Waals surface area (Å²) in [5, 5.41) is 11.9. The zero-order chi connectivity index (χ0) is 15.2. The number of aliphatic carboxylic acids is 1. The minimum absolute atomic E-state index is 0.0956. The van der Waals surface area contributed by atoms with Gasteiger partial charge in [-0.15, -0.1) is 0 Å². The van der Waals surface area contributed by atoms with Crippen LogP contribution in [-0.2, 0) is 9.59 Å². The van der Waals surface area contributed by atoms with Gasteiger partial charge in [-0.1, -0.05) is 11.6 Å². The van der Waals surface area contributed by atoms with Crippen molar-refractivity contribution in [1.29, 1.82) is 0 Å². The van der Waals surface area contributed by atoms with Gasteiger partial charge in [0.2, 0.25) is 5.91 Å². The van der Waals surface area contributed by atoms with Gasteiger partial charge in [0.25, 0.3) is 0 Å². The largest absolute Gasteiger partial charge is 0.480 e. The third-order valence-electron chi connectivity index (χ3n) is 4.01. The molecule has 0 unspecified atom stereocenters. The first kappa shape index (κ1) is 16.7. The molecular formula is C15H26N2O3. The molecule has 1 aliphatic rings. The van der Waals surface area contributed by atoms with Crippen molar-refractivity contribution in [2.75, 3.05) is 20.1 Å². The van der Waals surface area contributed by atoms with Crippen molar-refractivity contribution < 1.29 is 14.7 Å². The summed E-state index contributed by atoms with van der Waals surface area (Å²) in [5.74, 6) is -1.06. The number of allylic oxidation sites excluding steroid dienone is 1. The highest BCUT2D eigenvalue weighted by molar-refractivity contribution is 5.81. The Hall–Kier alpha value is -1.36. The summed E-state index contributed by atoms with van der Waals surface area (Å²) in [6.07, 6.45) is 7.98. The molecule has 0 atom stereocenters. The number of likely N-dealkylation sites (N-methyl/N-ethyl adjacent to an activating group) is 1. The Morgan fingerprint density at radius 2 is 2.10 bits per heavy atom. The number of hydrogen-bond acceptors (Lipinski definition) is 3. The van der Waals surface area contributed by atoms with E-state index in [1.807, 2.05) is 0 Å². The molecule has 2 N–H and O–H groups in total. The molecule has 0 spiro atoms. The summed E-state index contributed by atoms with van der Waals surface area (Å²) in [5.41, 5.74) is 0.388. The number of carboxylic acid groups (broad SMARTS) is 1. The molecular weight excluding hydrogens is 256 g/mol. The van der Waals surface area contributed by atoms with Gasteiger partial charge in [-0.3, -0.25) is 14.5 Å². The van der Waals surface area contributed by atoms with Crippen LogP contribution in [0.1, 0.15) is 46.0 Å². The van der Waals surface area contributed by atoms with Gasteiger partial charge in [-0.05, 0) is 53.0 Å². The molecule has 5 heteroatoms. The lowest BCUT2D eigenvalue weighted by atomic mass is 9.97. The van der Waals surface area contributed by atoms with Crippen LogP contribution >= 0.6 is 0 Å². The fraction of sp³-hybridized carbons (Fsp3) is 0.733. The van der Waals surface area contributed by atoms with E-state index in [0.717, 1.165) is 19.3 Å². The van der Waals surface area contributed by atoms with E-state index >= 15 is 0 Å². The molecule has 1 amide bonds. The first-order valence-electron chi connectivity index (χ1n) is 7.23. The Morgan fingerprint density at radius 3 is 2.65 bits per heavy atom. The van der Waals surface area contributed by atoms with E-state index in [4.69, 9.17) is 5.11 Å². The molecule has 114 valence electrons. The topological polar surface area (TPSA) is 69.6 Å². The first-order chi connectivity index (χ1) is 9.34. The van der Waals surface area contributed by atoms with Crippen molar-refractivity contribution >= 4 is 11.9 Å². The number of carbonyl (C=O) groups is 2. The lowest BCUT2D eigenvalue weighted by molar-refractivity contribution is -0.149. The van der Waals surface area contributed by atoms with Crippen LogP contribution in [0.3, 0.4) is 0 Å². The van der Waals surface area contributed by atoms with Crippen LogP contribution in [0, 0.1) is 0 Å². The Bertz CT molecular complexity index is 389. The number of carbonyl (C=O) groups excluding carboxylic acids is 1. The van der Waals surface area contributed by atoms with E-state index in [1.165, 1.54) is 18.4 Å². The van der Waals surface area contributed by atoms with Gasteiger partial charge >= 0.3 is 5.97 Å². The Balaban J connectivity index is 2.29. The highest BCUT2D eigenvalue weighted by Gasteiger charge is 2.32. The minimum Gasteiger partial charge on any atom is -0.480 e. The van der Waals surface area contributed by atoms with E-state index < -0.39 is 11.5 Å². The zero-order valence-electron chi connectivity index (χ0n) is 12.7. The van der Waals surface area contributed by atoms with Crippen LogP contribution in [0.15, 0.2) is 11.6 Å². The van der Waals surface area contributed by atoms with Crippen LogP contribution < -0.4 is 5.32 Å². The molecule has 0 fully saturated rings. The maximum Gasteiger partial charge on any atom is 0.323 e. The average Bonchev–Trinajstić information content (AvgIpc) is 2.39. The molecule has 20 heavy (non-hydrogen) atoms. The van der Waals surface area contributed by atoms with E-state index in [2.05, 4.69) is 11.4 Å². The van der Waals surface area contributed by atoms with Crippen LogP contribution in [0.5, 0.6) is 0 Å². The maximum atomic E-state index is 11.8. The molecule has 0 aromatic rings. The summed E-state index contributed by atoms with van der Waals surface area (Å²) in [7, 11) is 1.65. The molecule has 0 aromatic carbocycles. The summed E-state index contributed by atoms with van der Waals surface area (Å²) in [6, 6.07) is 0. The van der Waals surface area contributed by atoms with E-state index in [-0.39, 0.29) is 12.5 Å². The van der Waals surface area contributed by atoms with Crippen molar-refractivity contribution in [3.63, 3.8) is 0 Å². The summed E-state index contributed by atoms with van der Waals surface area (Å²) in [4.78, 5) is 24.4. The molecule has 0 radical (unpaired) electrons. The SMILES string of the molecule is CN(CC(=O)NCCC1=CCCCC1)C(C)(C)C(=O)O. The number of amides is 1. The van der Waals surface area contributed by atoms with Crippen LogP contribution in [0.25, 0.3) is 0 Å². The van der Waals surface area contributed by atoms with E-state index in [1.54, 1.807) is 25.8 Å². The molecule has 0 aliphatic heterocycles. The number of rotatable bonds is 7. The lowest BCUT2D eigenvalue weighted by Gasteiger charge is -2.30. The third kappa shape index (κ3) is 4.96. The summed E-state index contributed by atoms with van der Waals surface area (Å²) < 4.78 is 0. The van der Waals surface area contributed by atoms with Gasteiger partial charge in [-0.2, -0.15) is 0 Å². The number of carboxylic acids is 1. The first-order valence-corrected chi connectivity index (χ1v) is 7.23. The molecule has 0 heterocycles. The monoisotopic (exact) mass is 282 g/mol. The fourth-order valence-corrected chi connectivity index (χ4v) is 2.13. The Morgan fingerprint density at radius 1 is 1.40 bits per heavy atom. The molecule has 1 rings (SSSR count). The predicted octanol–water partition coefficient (Wildman–Crippen LogP) is 1.79. The minimum atomic E-state index is -1.04. The van der Waals surface area contributed by atoms with Gasteiger partial charge in [-0.25, -0.2) is 0 Å². The number of hydrogen-bond donors (Lipinski definition) is 2. The molecule has 0 bridgehead atoms. The van der Waals surface area contributed by atoms with E-state index in [0.29, 0.717) is 6.54 Å². The van der Waals surface area contributed by atoms with Crippen molar-refractivity contribution in [1.82, 2.24) is 10.2 Å². The molecule has 0 saturated carbocycles. The second-order valence-electron chi connectivity index (χ2n) is 5.93. The Labute approximate surface area is 121 Å². The van der Waals surface area contributed by atoms with Gasteiger partial charge in [0.15, 0.2) is 0 Å². The van der Waals surface area contributed by atoms with Crippen LogP contribution in [0.4, 0.5) is 0 Å². The van der Waals surface area contributed by atoms with Crippen molar-refractivity contribution in [3.8, 4) is 0 Å². The maximum absolute atomic E-state index is 11.8. The van der Waals surface area contributed by atoms with Gasteiger partial charge in [0, 0.05) is 6.54 Å².